The Bertz CT molecular complexity index is 322. The van der Waals surface area contributed by atoms with E-state index in [-0.39, 0.29) is 5.02 Å². The molecule has 0 radical (unpaired) electrons. The molecular formula is C9H9ClF3N. The molecule has 0 saturated carbocycles. The Hall–Kier alpha value is -0.770. The molecule has 0 fully saturated rings. The molecule has 0 aliphatic heterocycles. The van der Waals surface area contributed by atoms with Crippen molar-refractivity contribution in [2.24, 2.45) is 0 Å². The molecule has 0 atom stereocenters. The topological polar surface area (TPSA) is 12.9 Å². The fraction of sp³-hybridized carbons (Fsp3) is 0.444. The first-order valence-corrected chi connectivity index (χ1v) is 4.55. The maximum atomic E-state index is 12.3. The summed E-state index contributed by atoms with van der Waals surface area (Å²) in [6, 6.07) is 2.29. The van der Waals surface area contributed by atoms with Crippen molar-refractivity contribution >= 4 is 11.6 Å². The molecule has 78 valence electrons. The highest BCUT2D eigenvalue weighted by atomic mass is 35.5. The van der Waals surface area contributed by atoms with Crippen molar-refractivity contribution in [3.8, 4) is 0 Å². The highest BCUT2D eigenvalue weighted by molar-refractivity contribution is 6.30. The molecule has 0 N–H and O–H groups in total. The first-order valence-electron chi connectivity index (χ1n) is 4.17. The van der Waals surface area contributed by atoms with Crippen LogP contribution in [0.3, 0.4) is 0 Å². The molecule has 0 bridgehead atoms. The third-order valence-corrected chi connectivity index (χ3v) is 1.86. The number of pyridine rings is 1. The Morgan fingerprint density at radius 1 is 1.36 bits per heavy atom. The fourth-order valence-corrected chi connectivity index (χ4v) is 1.31. The van der Waals surface area contributed by atoms with Crippen molar-refractivity contribution in [1.29, 1.82) is 0 Å². The normalized spacial score (nSPS) is 11.8. The Morgan fingerprint density at radius 2 is 2.00 bits per heavy atom. The van der Waals surface area contributed by atoms with Gasteiger partial charge in [-0.1, -0.05) is 24.9 Å². The number of alkyl halides is 3. The standard InChI is InChI=1S/C9H9ClF3N/c1-2-3-7-4-6(10)5-8(14-7)9(11,12)13/h4-5H,2-3H2,1H3. The Balaban J connectivity index is 3.07. The maximum absolute atomic E-state index is 12.3. The molecule has 0 amide bonds. The fourth-order valence-electron chi connectivity index (χ4n) is 1.08. The number of hydrogen-bond donors (Lipinski definition) is 0. The van der Waals surface area contributed by atoms with Crippen LogP contribution in [0.4, 0.5) is 13.2 Å². The van der Waals surface area contributed by atoms with Crippen LogP contribution in [0.5, 0.6) is 0 Å². The lowest BCUT2D eigenvalue weighted by Gasteiger charge is -2.08. The first-order chi connectivity index (χ1) is 6.43. The number of aromatic nitrogens is 1. The number of hydrogen-bond acceptors (Lipinski definition) is 1. The summed E-state index contributed by atoms with van der Waals surface area (Å²) in [5, 5.41) is 0.0794. The Kier molecular flexibility index (Phi) is 3.37. The number of nitrogens with zero attached hydrogens (tertiary/aromatic N) is 1. The average Bonchev–Trinajstić information content (AvgIpc) is 2.02. The van der Waals surface area contributed by atoms with Crippen molar-refractivity contribution in [3.63, 3.8) is 0 Å². The molecule has 0 aromatic carbocycles. The quantitative estimate of drug-likeness (QED) is 0.745. The second-order valence-electron chi connectivity index (χ2n) is 2.91. The van der Waals surface area contributed by atoms with Crippen LogP contribution in [-0.4, -0.2) is 4.98 Å². The minimum absolute atomic E-state index is 0.0794. The van der Waals surface area contributed by atoms with Gasteiger partial charge < -0.3 is 0 Å². The van der Waals surface area contributed by atoms with Crippen LogP contribution in [0.25, 0.3) is 0 Å². The van der Waals surface area contributed by atoms with E-state index < -0.39 is 11.9 Å². The van der Waals surface area contributed by atoms with Gasteiger partial charge in [0, 0.05) is 10.7 Å². The lowest BCUT2D eigenvalue weighted by Crippen LogP contribution is -2.09. The minimum atomic E-state index is -4.42. The third-order valence-electron chi connectivity index (χ3n) is 1.64. The molecule has 1 rings (SSSR count). The van der Waals surface area contributed by atoms with E-state index in [9.17, 15) is 13.2 Å². The van der Waals surface area contributed by atoms with Gasteiger partial charge in [0.1, 0.15) is 5.69 Å². The molecule has 0 aliphatic rings. The third kappa shape index (κ3) is 2.87. The zero-order valence-electron chi connectivity index (χ0n) is 7.53. The zero-order chi connectivity index (χ0) is 10.8. The average molecular weight is 224 g/mol. The lowest BCUT2D eigenvalue weighted by atomic mass is 10.2. The molecule has 1 nitrogen and oxygen atoms in total. The van der Waals surface area contributed by atoms with E-state index in [4.69, 9.17) is 11.6 Å². The largest absolute Gasteiger partial charge is 0.433 e. The van der Waals surface area contributed by atoms with Gasteiger partial charge in [-0.2, -0.15) is 13.2 Å². The lowest BCUT2D eigenvalue weighted by molar-refractivity contribution is -0.141. The Labute approximate surface area is 84.9 Å². The van der Waals surface area contributed by atoms with E-state index in [0.717, 1.165) is 12.5 Å². The van der Waals surface area contributed by atoms with Gasteiger partial charge in [0.15, 0.2) is 0 Å². The van der Waals surface area contributed by atoms with Crippen LogP contribution >= 0.6 is 11.6 Å². The molecule has 1 aromatic heterocycles. The summed E-state index contributed by atoms with van der Waals surface area (Å²) in [4.78, 5) is 3.49. The van der Waals surface area contributed by atoms with Gasteiger partial charge in [0.2, 0.25) is 0 Å². The van der Waals surface area contributed by atoms with Gasteiger partial charge in [-0.25, -0.2) is 4.98 Å². The summed E-state index contributed by atoms with van der Waals surface area (Å²) in [6.07, 6.45) is -3.18. The van der Waals surface area contributed by atoms with Crippen LogP contribution in [-0.2, 0) is 12.6 Å². The van der Waals surface area contributed by atoms with Crippen molar-refractivity contribution in [1.82, 2.24) is 4.98 Å². The molecule has 1 heterocycles. The summed E-state index contributed by atoms with van der Waals surface area (Å²) in [5.41, 5.74) is -0.541. The monoisotopic (exact) mass is 223 g/mol. The zero-order valence-corrected chi connectivity index (χ0v) is 8.28. The summed E-state index contributed by atoms with van der Waals surface area (Å²) in [7, 11) is 0. The molecule has 0 unspecified atom stereocenters. The van der Waals surface area contributed by atoms with Gasteiger partial charge in [-0.05, 0) is 18.6 Å². The minimum Gasteiger partial charge on any atom is -0.248 e. The van der Waals surface area contributed by atoms with E-state index >= 15 is 0 Å². The molecular weight excluding hydrogens is 215 g/mol. The number of aryl methyl sites for hydroxylation is 1. The van der Waals surface area contributed by atoms with E-state index in [2.05, 4.69) is 4.98 Å². The number of halogens is 4. The van der Waals surface area contributed by atoms with Gasteiger partial charge in [0.05, 0.1) is 0 Å². The van der Waals surface area contributed by atoms with Crippen molar-refractivity contribution in [3.05, 3.63) is 28.5 Å². The van der Waals surface area contributed by atoms with Gasteiger partial charge >= 0.3 is 6.18 Å². The van der Waals surface area contributed by atoms with E-state index in [0.29, 0.717) is 12.1 Å². The predicted molar refractivity (Wildman–Crippen MR) is 48.2 cm³/mol. The van der Waals surface area contributed by atoms with Crippen LogP contribution in [0, 0.1) is 0 Å². The summed E-state index contributed by atoms with van der Waals surface area (Å²) in [5.74, 6) is 0. The summed E-state index contributed by atoms with van der Waals surface area (Å²) >= 11 is 5.55. The molecule has 0 saturated heterocycles. The first kappa shape index (κ1) is 11.3. The summed E-state index contributed by atoms with van der Waals surface area (Å²) < 4.78 is 36.8. The Morgan fingerprint density at radius 3 is 2.50 bits per heavy atom. The molecule has 5 heteroatoms. The highest BCUT2D eigenvalue weighted by Gasteiger charge is 2.32. The van der Waals surface area contributed by atoms with E-state index in [1.165, 1.54) is 6.07 Å². The van der Waals surface area contributed by atoms with E-state index in [1.807, 2.05) is 6.92 Å². The summed E-state index contributed by atoms with van der Waals surface area (Å²) in [6.45, 7) is 1.87. The van der Waals surface area contributed by atoms with Crippen molar-refractivity contribution in [2.75, 3.05) is 0 Å². The molecule has 1 aromatic rings. The van der Waals surface area contributed by atoms with E-state index in [1.54, 1.807) is 0 Å². The van der Waals surface area contributed by atoms with Gasteiger partial charge in [-0.3, -0.25) is 0 Å². The SMILES string of the molecule is CCCc1cc(Cl)cc(C(F)(F)F)n1. The van der Waals surface area contributed by atoms with Crippen molar-refractivity contribution in [2.45, 2.75) is 25.9 Å². The molecule has 14 heavy (non-hydrogen) atoms. The van der Waals surface area contributed by atoms with Crippen LogP contribution < -0.4 is 0 Å². The van der Waals surface area contributed by atoms with Crippen LogP contribution in [0.1, 0.15) is 24.7 Å². The highest BCUT2D eigenvalue weighted by Crippen LogP contribution is 2.29. The molecule has 0 spiro atoms. The predicted octanol–water partition coefficient (Wildman–Crippen LogP) is 3.71. The smallest absolute Gasteiger partial charge is 0.248 e. The number of rotatable bonds is 2. The van der Waals surface area contributed by atoms with Crippen LogP contribution in [0.15, 0.2) is 12.1 Å². The van der Waals surface area contributed by atoms with Gasteiger partial charge in [0.25, 0.3) is 0 Å². The second-order valence-corrected chi connectivity index (χ2v) is 3.35. The maximum Gasteiger partial charge on any atom is 0.433 e. The molecule has 0 aliphatic carbocycles. The van der Waals surface area contributed by atoms with Gasteiger partial charge in [-0.15, -0.1) is 0 Å². The second kappa shape index (κ2) is 4.17. The van der Waals surface area contributed by atoms with Crippen LogP contribution in [0.2, 0.25) is 5.02 Å². The van der Waals surface area contributed by atoms with Crippen molar-refractivity contribution < 1.29 is 13.2 Å².